The third kappa shape index (κ3) is 3.33. The Hall–Kier alpha value is 0.180. The van der Waals surface area contributed by atoms with Gasteiger partial charge in [0.25, 0.3) is 0 Å². The van der Waals surface area contributed by atoms with Gasteiger partial charge in [0.1, 0.15) is 0 Å². The zero-order valence-electron chi connectivity index (χ0n) is 10.0. The summed E-state index contributed by atoms with van der Waals surface area (Å²) >= 11 is 5.82. The van der Waals surface area contributed by atoms with Gasteiger partial charge in [-0.05, 0) is 37.3 Å². The van der Waals surface area contributed by atoms with Crippen LogP contribution in [0.3, 0.4) is 0 Å². The van der Waals surface area contributed by atoms with Gasteiger partial charge < -0.3 is 0 Å². The number of hydrogen-bond donors (Lipinski definition) is 0. The zero-order chi connectivity index (χ0) is 11.4. The van der Waals surface area contributed by atoms with Crippen molar-refractivity contribution < 1.29 is 0 Å². The number of rotatable bonds is 5. The van der Waals surface area contributed by atoms with E-state index in [0.717, 1.165) is 5.92 Å². The maximum absolute atomic E-state index is 3.85. The lowest BCUT2D eigenvalue weighted by molar-refractivity contribution is 0.484. The first-order chi connectivity index (χ1) is 7.79. The summed E-state index contributed by atoms with van der Waals surface area (Å²) in [4.78, 5) is 3.63. The highest BCUT2D eigenvalue weighted by Crippen LogP contribution is 2.37. The van der Waals surface area contributed by atoms with Gasteiger partial charge in [-0.2, -0.15) is 0 Å². The number of thiophene rings is 1. The van der Waals surface area contributed by atoms with Gasteiger partial charge in [-0.3, -0.25) is 0 Å². The van der Waals surface area contributed by atoms with E-state index >= 15 is 0 Å². The summed E-state index contributed by atoms with van der Waals surface area (Å²) in [6, 6.07) is 4.58. The number of aryl methyl sites for hydroxylation is 1. The predicted molar refractivity (Wildman–Crippen MR) is 76.6 cm³/mol. The Morgan fingerprint density at radius 1 is 1.38 bits per heavy atom. The molecule has 1 atom stereocenters. The van der Waals surface area contributed by atoms with Crippen LogP contribution in [0.4, 0.5) is 0 Å². The molecule has 0 amide bonds. The number of alkyl halides is 1. The summed E-state index contributed by atoms with van der Waals surface area (Å²) in [6.07, 6.45) is 9.79. The minimum atomic E-state index is 0.596. The molecule has 1 aromatic heterocycles. The fourth-order valence-corrected chi connectivity index (χ4v) is 4.24. The van der Waals surface area contributed by atoms with Gasteiger partial charge in [-0.15, -0.1) is 11.3 Å². The lowest BCUT2D eigenvalue weighted by atomic mass is 10.0. The van der Waals surface area contributed by atoms with Gasteiger partial charge in [0.2, 0.25) is 0 Å². The van der Waals surface area contributed by atoms with E-state index in [9.17, 15) is 0 Å². The molecule has 0 radical (unpaired) electrons. The Morgan fingerprint density at radius 2 is 2.12 bits per heavy atom. The Morgan fingerprint density at radius 3 is 2.75 bits per heavy atom. The molecule has 2 rings (SSSR count). The van der Waals surface area contributed by atoms with Crippen molar-refractivity contribution in [3.05, 3.63) is 21.9 Å². The van der Waals surface area contributed by atoms with Crippen molar-refractivity contribution in [2.24, 2.45) is 5.92 Å². The molecular weight excluding hydrogens is 280 g/mol. The molecule has 1 unspecified atom stereocenters. The highest BCUT2D eigenvalue weighted by atomic mass is 79.9. The van der Waals surface area contributed by atoms with Gasteiger partial charge in [0.15, 0.2) is 0 Å². The molecule has 1 aliphatic rings. The fraction of sp³-hybridized carbons (Fsp3) is 0.714. The quantitative estimate of drug-likeness (QED) is 0.610. The Balaban J connectivity index is 1.80. The summed E-state index contributed by atoms with van der Waals surface area (Å²) in [6.45, 7) is 2.23. The molecule has 1 heterocycles. The topological polar surface area (TPSA) is 0 Å². The van der Waals surface area contributed by atoms with Gasteiger partial charge in [0, 0.05) is 14.6 Å². The van der Waals surface area contributed by atoms with Gasteiger partial charge >= 0.3 is 0 Å². The maximum atomic E-state index is 3.85. The van der Waals surface area contributed by atoms with E-state index in [1.807, 2.05) is 11.3 Å². The second-order valence-corrected chi connectivity index (χ2v) is 7.16. The van der Waals surface area contributed by atoms with E-state index in [4.69, 9.17) is 0 Å². The Labute approximate surface area is 112 Å². The van der Waals surface area contributed by atoms with Crippen molar-refractivity contribution >= 4 is 27.3 Å². The molecule has 1 aromatic rings. The van der Waals surface area contributed by atoms with Crippen LogP contribution in [0, 0.1) is 5.92 Å². The molecule has 2 heteroatoms. The molecule has 0 nitrogen and oxygen atoms in total. The fourth-order valence-electron chi connectivity index (χ4n) is 2.58. The smallest absolute Gasteiger partial charge is 0.0489 e. The van der Waals surface area contributed by atoms with Crippen LogP contribution in [0.5, 0.6) is 0 Å². The normalized spacial score (nSPS) is 19.1. The van der Waals surface area contributed by atoms with Crippen molar-refractivity contribution in [3.63, 3.8) is 0 Å². The second kappa shape index (κ2) is 6.20. The van der Waals surface area contributed by atoms with Crippen LogP contribution in [0.1, 0.15) is 60.0 Å². The standard InChI is InChI=1S/C14H21BrS/c1-2-12-8-10-14(16-12)13(15)9-7-11-5-3-4-6-11/h8,10-11,13H,2-7,9H2,1H3. The second-order valence-electron chi connectivity index (χ2n) is 4.85. The monoisotopic (exact) mass is 300 g/mol. The first-order valence-electron chi connectivity index (χ1n) is 6.52. The molecule has 0 aliphatic heterocycles. The molecule has 0 aromatic carbocycles. The first-order valence-corrected chi connectivity index (χ1v) is 8.25. The van der Waals surface area contributed by atoms with E-state index in [0.29, 0.717) is 4.83 Å². The summed E-state index contributed by atoms with van der Waals surface area (Å²) in [5, 5.41) is 0. The zero-order valence-corrected chi connectivity index (χ0v) is 12.4. The minimum absolute atomic E-state index is 0.596. The molecule has 0 N–H and O–H groups in total. The molecule has 1 fully saturated rings. The van der Waals surface area contributed by atoms with Gasteiger partial charge in [0.05, 0.1) is 0 Å². The first kappa shape index (κ1) is 12.6. The van der Waals surface area contributed by atoms with Crippen LogP contribution in [0.15, 0.2) is 12.1 Å². The average molecular weight is 301 g/mol. The summed E-state index contributed by atoms with van der Waals surface area (Å²) < 4.78 is 0. The molecule has 0 bridgehead atoms. The van der Waals surface area contributed by atoms with Gasteiger partial charge in [-0.1, -0.05) is 48.5 Å². The van der Waals surface area contributed by atoms with Crippen LogP contribution in [0.25, 0.3) is 0 Å². The summed E-state index contributed by atoms with van der Waals surface area (Å²) in [5.41, 5.74) is 0. The van der Waals surface area contributed by atoms with Crippen LogP contribution >= 0.6 is 27.3 Å². The maximum Gasteiger partial charge on any atom is 0.0489 e. The summed E-state index contributed by atoms with van der Waals surface area (Å²) in [5.74, 6) is 1.02. The predicted octanol–water partition coefficient (Wildman–Crippen LogP) is 5.72. The molecule has 0 spiro atoms. The molecule has 0 saturated heterocycles. The van der Waals surface area contributed by atoms with E-state index in [1.54, 1.807) is 0 Å². The lowest BCUT2D eigenvalue weighted by Crippen LogP contribution is -1.95. The average Bonchev–Trinajstić information content (AvgIpc) is 2.96. The largest absolute Gasteiger partial charge is 0.144 e. The van der Waals surface area contributed by atoms with E-state index in [-0.39, 0.29) is 0 Å². The minimum Gasteiger partial charge on any atom is -0.144 e. The highest BCUT2D eigenvalue weighted by molar-refractivity contribution is 9.09. The molecule has 1 aliphatic carbocycles. The number of hydrogen-bond acceptors (Lipinski definition) is 1. The van der Waals surface area contributed by atoms with Crippen LogP contribution in [0.2, 0.25) is 0 Å². The van der Waals surface area contributed by atoms with Crippen molar-refractivity contribution in [1.29, 1.82) is 0 Å². The van der Waals surface area contributed by atoms with E-state index in [2.05, 4.69) is 35.0 Å². The molecule has 16 heavy (non-hydrogen) atoms. The van der Waals surface area contributed by atoms with Crippen molar-refractivity contribution in [1.82, 2.24) is 0 Å². The van der Waals surface area contributed by atoms with Crippen molar-refractivity contribution in [2.75, 3.05) is 0 Å². The van der Waals surface area contributed by atoms with E-state index in [1.165, 1.54) is 54.7 Å². The van der Waals surface area contributed by atoms with Crippen LogP contribution in [-0.4, -0.2) is 0 Å². The third-order valence-corrected chi connectivity index (χ3v) is 6.24. The molecule has 90 valence electrons. The third-order valence-electron chi connectivity index (χ3n) is 3.64. The SMILES string of the molecule is CCc1ccc(C(Br)CCC2CCCC2)s1. The number of halogens is 1. The van der Waals surface area contributed by atoms with Crippen LogP contribution < -0.4 is 0 Å². The summed E-state index contributed by atoms with van der Waals surface area (Å²) in [7, 11) is 0. The molecule has 1 saturated carbocycles. The van der Waals surface area contributed by atoms with E-state index < -0.39 is 0 Å². The molecular formula is C14H21BrS. The van der Waals surface area contributed by atoms with Crippen molar-refractivity contribution in [2.45, 2.75) is 56.7 Å². The van der Waals surface area contributed by atoms with Crippen molar-refractivity contribution in [3.8, 4) is 0 Å². The Bertz CT molecular complexity index is 312. The lowest BCUT2D eigenvalue weighted by Gasteiger charge is -2.11. The Kier molecular flexibility index (Phi) is 4.90. The highest BCUT2D eigenvalue weighted by Gasteiger charge is 2.17. The van der Waals surface area contributed by atoms with Crippen LogP contribution in [-0.2, 0) is 6.42 Å². The van der Waals surface area contributed by atoms with Gasteiger partial charge in [-0.25, -0.2) is 0 Å².